The second-order valence-corrected chi connectivity index (χ2v) is 5.55. The van der Waals surface area contributed by atoms with E-state index in [1.807, 2.05) is 0 Å². The Hall–Kier alpha value is -1.96. The highest BCUT2D eigenvalue weighted by molar-refractivity contribution is 9.10. The minimum Gasteiger partial charge on any atom is -0.481 e. The van der Waals surface area contributed by atoms with Crippen molar-refractivity contribution in [1.82, 2.24) is 5.32 Å². The molecule has 0 unspecified atom stereocenters. The molecule has 1 saturated carbocycles. The predicted octanol–water partition coefficient (Wildman–Crippen LogP) is 1.95. The molecular formula is C12H11BrN2O5. The van der Waals surface area contributed by atoms with Crippen LogP contribution >= 0.6 is 15.9 Å². The van der Waals surface area contributed by atoms with E-state index in [1.54, 1.807) is 0 Å². The molecule has 0 heterocycles. The van der Waals surface area contributed by atoms with Gasteiger partial charge in [0, 0.05) is 18.2 Å². The van der Waals surface area contributed by atoms with Crippen LogP contribution in [0, 0.1) is 15.5 Å². The molecule has 2 N–H and O–H groups in total. The highest BCUT2D eigenvalue weighted by atomic mass is 79.9. The van der Waals surface area contributed by atoms with Gasteiger partial charge in [-0.1, -0.05) is 0 Å². The summed E-state index contributed by atoms with van der Waals surface area (Å²) in [5.41, 5.74) is -0.949. The summed E-state index contributed by atoms with van der Waals surface area (Å²) in [4.78, 5) is 33.0. The third-order valence-electron chi connectivity index (χ3n) is 3.30. The van der Waals surface area contributed by atoms with E-state index in [0.29, 0.717) is 12.8 Å². The zero-order valence-electron chi connectivity index (χ0n) is 10.3. The number of nitro benzene ring substituents is 1. The van der Waals surface area contributed by atoms with Crippen LogP contribution in [0.5, 0.6) is 0 Å². The second kappa shape index (κ2) is 5.20. The van der Waals surface area contributed by atoms with Gasteiger partial charge in [-0.25, -0.2) is 0 Å². The van der Waals surface area contributed by atoms with Gasteiger partial charge in [0.15, 0.2) is 0 Å². The number of aliphatic carboxylic acids is 1. The van der Waals surface area contributed by atoms with Crippen LogP contribution in [0.25, 0.3) is 0 Å². The summed E-state index contributed by atoms with van der Waals surface area (Å²) >= 11 is 3.03. The average molecular weight is 343 g/mol. The SMILES string of the molecule is O=C(NCC1(C(=O)O)CC1)c1ccc(Br)c([N+](=O)[O-])c1. The molecule has 1 aromatic rings. The van der Waals surface area contributed by atoms with E-state index in [0.717, 1.165) is 6.07 Å². The maximum atomic E-state index is 11.9. The van der Waals surface area contributed by atoms with E-state index in [-0.39, 0.29) is 22.3 Å². The van der Waals surface area contributed by atoms with Crippen LogP contribution in [0.2, 0.25) is 0 Å². The largest absolute Gasteiger partial charge is 0.481 e. The van der Waals surface area contributed by atoms with Crippen molar-refractivity contribution in [3.63, 3.8) is 0 Å². The number of carbonyl (C=O) groups is 2. The number of nitrogens with zero attached hydrogens (tertiary/aromatic N) is 1. The minimum atomic E-state index is -0.931. The van der Waals surface area contributed by atoms with Gasteiger partial charge in [-0.2, -0.15) is 0 Å². The van der Waals surface area contributed by atoms with Gasteiger partial charge < -0.3 is 10.4 Å². The Bertz CT molecular complexity index is 598. The molecule has 0 radical (unpaired) electrons. The van der Waals surface area contributed by atoms with E-state index in [4.69, 9.17) is 5.11 Å². The Morgan fingerprint density at radius 3 is 2.60 bits per heavy atom. The van der Waals surface area contributed by atoms with Crippen molar-refractivity contribution < 1.29 is 19.6 Å². The molecule has 1 aromatic carbocycles. The Kier molecular flexibility index (Phi) is 3.76. The number of carboxylic acid groups (broad SMARTS) is 1. The third kappa shape index (κ3) is 2.79. The number of hydrogen-bond acceptors (Lipinski definition) is 4. The zero-order chi connectivity index (χ0) is 14.9. The number of amides is 1. The van der Waals surface area contributed by atoms with E-state index < -0.39 is 22.2 Å². The van der Waals surface area contributed by atoms with Gasteiger partial charge in [-0.3, -0.25) is 19.7 Å². The van der Waals surface area contributed by atoms with Crippen LogP contribution < -0.4 is 5.32 Å². The Labute approximate surface area is 122 Å². The molecule has 106 valence electrons. The summed E-state index contributed by atoms with van der Waals surface area (Å²) in [6.07, 6.45) is 1.06. The number of hydrogen-bond donors (Lipinski definition) is 2. The van der Waals surface area contributed by atoms with Crippen molar-refractivity contribution in [3.05, 3.63) is 38.3 Å². The van der Waals surface area contributed by atoms with Crippen molar-refractivity contribution >= 4 is 33.5 Å². The molecule has 1 fully saturated rings. The number of rotatable bonds is 5. The molecule has 20 heavy (non-hydrogen) atoms. The first-order chi connectivity index (χ1) is 9.35. The van der Waals surface area contributed by atoms with Crippen molar-refractivity contribution in [3.8, 4) is 0 Å². The average Bonchev–Trinajstić information content (AvgIpc) is 3.17. The molecule has 2 rings (SSSR count). The predicted molar refractivity (Wildman–Crippen MR) is 72.4 cm³/mol. The molecule has 8 heteroatoms. The summed E-state index contributed by atoms with van der Waals surface area (Å²) in [5.74, 6) is -1.45. The Balaban J connectivity index is 2.08. The van der Waals surface area contributed by atoms with Crippen LogP contribution in [0.3, 0.4) is 0 Å². The second-order valence-electron chi connectivity index (χ2n) is 4.69. The van der Waals surface area contributed by atoms with Crippen molar-refractivity contribution in [2.75, 3.05) is 6.54 Å². The molecular weight excluding hydrogens is 332 g/mol. The maximum absolute atomic E-state index is 11.9. The molecule has 0 atom stereocenters. The summed E-state index contributed by atoms with van der Waals surface area (Å²) in [6, 6.07) is 4.00. The van der Waals surface area contributed by atoms with E-state index in [9.17, 15) is 19.7 Å². The molecule has 1 aliphatic carbocycles. The highest BCUT2D eigenvalue weighted by Crippen LogP contribution is 2.45. The lowest BCUT2D eigenvalue weighted by molar-refractivity contribution is -0.385. The van der Waals surface area contributed by atoms with Crippen molar-refractivity contribution in [2.24, 2.45) is 5.41 Å². The minimum absolute atomic E-state index is 0.0328. The van der Waals surface area contributed by atoms with Crippen LogP contribution in [-0.4, -0.2) is 28.5 Å². The lowest BCUT2D eigenvalue weighted by Gasteiger charge is -2.11. The lowest BCUT2D eigenvalue weighted by Crippen LogP contribution is -2.34. The van der Waals surface area contributed by atoms with Gasteiger partial charge in [0.1, 0.15) is 0 Å². The van der Waals surface area contributed by atoms with E-state index in [1.165, 1.54) is 12.1 Å². The zero-order valence-corrected chi connectivity index (χ0v) is 11.8. The first-order valence-corrected chi connectivity index (χ1v) is 6.60. The molecule has 7 nitrogen and oxygen atoms in total. The lowest BCUT2D eigenvalue weighted by atomic mass is 10.1. The number of nitro groups is 1. The molecule has 0 spiro atoms. The molecule has 1 amide bonds. The molecule has 0 aromatic heterocycles. The van der Waals surface area contributed by atoms with Crippen LogP contribution in [0.15, 0.2) is 22.7 Å². The number of nitrogens with one attached hydrogen (secondary N) is 1. The van der Waals surface area contributed by atoms with Gasteiger partial charge in [-0.15, -0.1) is 0 Å². The fourth-order valence-electron chi connectivity index (χ4n) is 1.76. The van der Waals surface area contributed by atoms with E-state index in [2.05, 4.69) is 21.2 Å². The van der Waals surface area contributed by atoms with E-state index >= 15 is 0 Å². The van der Waals surface area contributed by atoms with Gasteiger partial charge in [0.2, 0.25) is 0 Å². The first-order valence-electron chi connectivity index (χ1n) is 5.81. The van der Waals surface area contributed by atoms with Crippen LogP contribution in [-0.2, 0) is 4.79 Å². The van der Waals surface area contributed by atoms with Gasteiger partial charge >= 0.3 is 5.97 Å². The molecule has 0 saturated heterocycles. The molecule has 0 bridgehead atoms. The van der Waals surface area contributed by atoms with Gasteiger partial charge in [0.05, 0.1) is 14.8 Å². The van der Waals surface area contributed by atoms with Gasteiger partial charge in [-0.05, 0) is 40.9 Å². The Morgan fingerprint density at radius 1 is 1.45 bits per heavy atom. The topological polar surface area (TPSA) is 110 Å². The fraction of sp³-hybridized carbons (Fsp3) is 0.333. The fourth-order valence-corrected chi connectivity index (χ4v) is 2.15. The number of halogens is 1. The smallest absolute Gasteiger partial charge is 0.311 e. The highest BCUT2D eigenvalue weighted by Gasteiger charge is 2.50. The quantitative estimate of drug-likeness (QED) is 0.627. The van der Waals surface area contributed by atoms with Crippen LogP contribution in [0.1, 0.15) is 23.2 Å². The van der Waals surface area contributed by atoms with Crippen molar-refractivity contribution in [2.45, 2.75) is 12.8 Å². The standard InChI is InChI=1S/C12H11BrN2O5/c13-8-2-1-7(5-9(8)15(19)20)10(16)14-6-12(3-4-12)11(17)18/h1-2,5H,3-4,6H2,(H,14,16)(H,17,18). The summed E-state index contributed by atoms with van der Waals surface area (Å²) < 4.78 is 0.281. The third-order valence-corrected chi connectivity index (χ3v) is 3.97. The maximum Gasteiger partial charge on any atom is 0.311 e. The monoisotopic (exact) mass is 342 g/mol. The number of carbonyl (C=O) groups excluding carboxylic acids is 1. The van der Waals surface area contributed by atoms with Crippen molar-refractivity contribution in [1.29, 1.82) is 0 Å². The normalized spacial score (nSPS) is 15.4. The summed E-state index contributed by atoms with van der Waals surface area (Å²) in [7, 11) is 0. The Morgan fingerprint density at radius 2 is 2.10 bits per heavy atom. The molecule has 0 aliphatic heterocycles. The summed E-state index contributed by atoms with van der Waals surface area (Å²) in [6.45, 7) is 0.0328. The number of benzene rings is 1. The molecule has 1 aliphatic rings. The van der Waals surface area contributed by atoms with Gasteiger partial charge in [0.25, 0.3) is 11.6 Å². The number of carboxylic acids is 1. The summed E-state index contributed by atoms with van der Waals surface area (Å²) in [5, 5.41) is 22.3. The van der Waals surface area contributed by atoms with Crippen LogP contribution in [0.4, 0.5) is 5.69 Å². The first kappa shape index (κ1) is 14.4.